The van der Waals surface area contributed by atoms with Gasteiger partial charge in [-0.05, 0) is 80.6 Å². The summed E-state index contributed by atoms with van der Waals surface area (Å²) in [5.74, 6) is 0.593. The Balaban J connectivity index is 2.13. The summed E-state index contributed by atoms with van der Waals surface area (Å²) in [5.41, 5.74) is 5.64. The summed E-state index contributed by atoms with van der Waals surface area (Å²) < 4.78 is 0. The lowest BCUT2D eigenvalue weighted by molar-refractivity contribution is 0.491. The fourth-order valence-electron chi connectivity index (χ4n) is 2.92. The van der Waals surface area contributed by atoms with Crippen molar-refractivity contribution in [2.45, 2.75) is 26.7 Å². The molecule has 0 radical (unpaired) electrons. The minimum absolute atomic E-state index is 0.593. The van der Waals surface area contributed by atoms with Gasteiger partial charge in [0.15, 0.2) is 0 Å². The molecule has 0 spiro atoms. The van der Waals surface area contributed by atoms with Gasteiger partial charge in [-0.1, -0.05) is 41.9 Å². The van der Waals surface area contributed by atoms with Crippen LogP contribution in [0.25, 0.3) is 0 Å². The van der Waals surface area contributed by atoms with Gasteiger partial charge in [-0.2, -0.15) is 0 Å². The van der Waals surface area contributed by atoms with Gasteiger partial charge in [0.05, 0.1) is 0 Å². The zero-order chi connectivity index (χ0) is 15.2. The third-order valence-electron chi connectivity index (χ3n) is 4.07. The van der Waals surface area contributed by atoms with Crippen LogP contribution in [0.2, 0.25) is 5.02 Å². The van der Waals surface area contributed by atoms with Crippen LogP contribution in [0.4, 0.5) is 0 Å². The van der Waals surface area contributed by atoms with Crippen molar-refractivity contribution in [2.24, 2.45) is 5.92 Å². The fourth-order valence-corrected chi connectivity index (χ4v) is 3.04. The van der Waals surface area contributed by atoms with Gasteiger partial charge in [-0.3, -0.25) is 0 Å². The van der Waals surface area contributed by atoms with E-state index in [-0.39, 0.29) is 0 Å². The molecule has 2 aromatic carbocycles. The van der Waals surface area contributed by atoms with Crippen molar-refractivity contribution in [2.75, 3.05) is 13.6 Å². The summed E-state index contributed by atoms with van der Waals surface area (Å²) in [6, 6.07) is 14.8. The molecule has 1 atom stereocenters. The molecule has 0 saturated heterocycles. The fraction of sp³-hybridized carbons (Fsp3) is 0.368. The number of rotatable bonds is 6. The van der Waals surface area contributed by atoms with Crippen LogP contribution in [0, 0.1) is 19.8 Å². The molecule has 1 nitrogen and oxygen atoms in total. The van der Waals surface area contributed by atoms with Gasteiger partial charge in [0.1, 0.15) is 0 Å². The maximum absolute atomic E-state index is 5.97. The van der Waals surface area contributed by atoms with E-state index in [0.29, 0.717) is 5.92 Å². The van der Waals surface area contributed by atoms with Crippen molar-refractivity contribution >= 4 is 11.6 Å². The normalized spacial score (nSPS) is 12.4. The first-order valence-corrected chi connectivity index (χ1v) is 7.92. The summed E-state index contributed by atoms with van der Waals surface area (Å²) in [5, 5.41) is 4.14. The molecule has 0 aliphatic rings. The van der Waals surface area contributed by atoms with E-state index in [1.54, 1.807) is 0 Å². The van der Waals surface area contributed by atoms with Crippen LogP contribution in [-0.4, -0.2) is 13.6 Å². The zero-order valence-corrected chi connectivity index (χ0v) is 13.9. The molecule has 2 rings (SSSR count). The first kappa shape index (κ1) is 16.1. The monoisotopic (exact) mass is 301 g/mol. The maximum atomic E-state index is 5.97. The number of hydrogen-bond donors (Lipinski definition) is 1. The van der Waals surface area contributed by atoms with Crippen LogP contribution in [-0.2, 0) is 12.8 Å². The van der Waals surface area contributed by atoms with Crippen LogP contribution in [0.15, 0.2) is 42.5 Å². The summed E-state index contributed by atoms with van der Waals surface area (Å²) in [6.07, 6.45) is 2.19. The van der Waals surface area contributed by atoms with Crippen LogP contribution in [0.3, 0.4) is 0 Å². The van der Waals surface area contributed by atoms with Gasteiger partial charge >= 0.3 is 0 Å². The second-order valence-corrected chi connectivity index (χ2v) is 6.27. The highest BCUT2D eigenvalue weighted by molar-refractivity contribution is 6.30. The Morgan fingerprint density at radius 2 is 1.57 bits per heavy atom. The van der Waals surface area contributed by atoms with E-state index in [9.17, 15) is 0 Å². The topological polar surface area (TPSA) is 12.0 Å². The molecule has 0 heterocycles. The summed E-state index contributed by atoms with van der Waals surface area (Å²) >= 11 is 5.97. The minimum Gasteiger partial charge on any atom is -0.319 e. The average molecular weight is 302 g/mol. The Morgan fingerprint density at radius 1 is 0.952 bits per heavy atom. The van der Waals surface area contributed by atoms with E-state index >= 15 is 0 Å². The van der Waals surface area contributed by atoms with Crippen molar-refractivity contribution in [1.82, 2.24) is 5.32 Å². The summed E-state index contributed by atoms with van der Waals surface area (Å²) in [7, 11) is 2.03. The van der Waals surface area contributed by atoms with Crippen LogP contribution < -0.4 is 5.32 Å². The van der Waals surface area contributed by atoms with Gasteiger partial charge in [0.2, 0.25) is 0 Å². The van der Waals surface area contributed by atoms with Gasteiger partial charge in [0.25, 0.3) is 0 Å². The van der Waals surface area contributed by atoms with Crippen molar-refractivity contribution in [3.63, 3.8) is 0 Å². The Bertz CT molecular complexity index is 554. The molecule has 1 N–H and O–H groups in total. The van der Waals surface area contributed by atoms with E-state index in [1.807, 2.05) is 19.2 Å². The van der Waals surface area contributed by atoms with E-state index in [2.05, 4.69) is 49.5 Å². The number of benzene rings is 2. The van der Waals surface area contributed by atoms with E-state index < -0.39 is 0 Å². The average Bonchev–Trinajstić information content (AvgIpc) is 2.45. The van der Waals surface area contributed by atoms with Crippen molar-refractivity contribution in [3.8, 4) is 0 Å². The molecule has 112 valence electrons. The second-order valence-electron chi connectivity index (χ2n) is 5.83. The smallest absolute Gasteiger partial charge is 0.0406 e. The number of aryl methyl sites for hydroxylation is 2. The van der Waals surface area contributed by atoms with Crippen LogP contribution in [0.5, 0.6) is 0 Å². The molecule has 0 saturated carbocycles. The first-order chi connectivity index (χ1) is 10.1. The molecule has 0 aromatic heterocycles. The van der Waals surface area contributed by atoms with Crippen molar-refractivity contribution in [1.29, 1.82) is 0 Å². The standard InChI is InChI=1S/C19H24ClN/c1-14-5-4-6-15(2)19(14)12-17(13-21-3)11-16-7-9-18(20)10-8-16/h4-10,17,21H,11-13H2,1-3H3. The highest BCUT2D eigenvalue weighted by Gasteiger charge is 2.13. The van der Waals surface area contributed by atoms with Gasteiger partial charge < -0.3 is 5.32 Å². The molecule has 1 unspecified atom stereocenters. The largest absolute Gasteiger partial charge is 0.319 e. The molecular formula is C19H24ClN. The third kappa shape index (κ3) is 4.59. The molecule has 21 heavy (non-hydrogen) atoms. The highest BCUT2D eigenvalue weighted by atomic mass is 35.5. The molecule has 0 aliphatic heterocycles. The Morgan fingerprint density at radius 3 is 2.14 bits per heavy atom. The summed E-state index contributed by atoms with van der Waals surface area (Å²) in [6.45, 7) is 5.44. The quantitative estimate of drug-likeness (QED) is 0.823. The van der Waals surface area contributed by atoms with E-state index in [0.717, 1.165) is 24.4 Å². The van der Waals surface area contributed by atoms with Crippen LogP contribution >= 0.6 is 11.6 Å². The Labute approximate surface area is 133 Å². The van der Waals surface area contributed by atoms with Crippen LogP contribution in [0.1, 0.15) is 22.3 Å². The molecule has 0 fully saturated rings. The second kappa shape index (κ2) is 7.63. The Kier molecular flexibility index (Phi) is 5.84. The first-order valence-electron chi connectivity index (χ1n) is 7.54. The molecule has 0 amide bonds. The molecule has 2 aromatic rings. The lowest BCUT2D eigenvalue weighted by atomic mass is 9.88. The summed E-state index contributed by atoms with van der Waals surface area (Å²) in [4.78, 5) is 0. The SMILES string of the molecule is CNCC(Cc1ccc(Cl)cc1)Cc1c(C)cccc1C. The van der Waals surface area contributed by atoms with E-state index in [1.165, 1.54) is 22.3 Å². The van der Waals surface area contributed by atoms with Crippen molar-refractivity contribution < 1.29 is 0 Å². The number of hydrogen-bond acceptors (Lipinski definition) is 1. The number of halogens is 1. The maximum Gasteiger partial charge on any atom is 0.0406 e. The molecular weight excluding hydrogens is 278 g/mol. The molecule has 0 aliphatic carbocycles. The highest BCUT2D eigenvalue weighted by Crippen LogP contribution is 2.21. The van der Waals surface area contributed by atoms with Gasteiger partial charge in [-0.15, -0.1) is 0 Å². The lowest BCUT2D eigenvalue weighted by Gasteiger charge is -2.19. The van der Waals surface area contributed by atoms with E-state index in [4.69, 9.17) is 11.6 Å². The molecule has 2 heteroatoms. The number of nitrogens with one attached hydrogen (secondary N) is 1. The minimum atomic E-state index is 0.593. The molecule has 0 bridgehead atoms. The third-order valence-corrected chi connectivity index (χ3v) is 4.32. The zero-order valence-electron chi connectivity index (χ0n) is 13.1. The predicted octanol–water partition coefficient (Wildman–Crippen LogP) is 4.58. The Hall–Kier alpha value is -1.31. The van der Waals surface area contributed by atoms with Crippen molar-refractivity contribution in [3.05, 3.63) is 69.7 Å². The van der Waals surface area contributed by atoms with Gasteiger partial charge in [0, 0.05) is 5.02 Å². The predicted molar refractivity (Wildman–Crippen MR) is 92.2 cm³/mol. The lowest BCUT2D eigenvalue weighted by Crippen LogP contribution is -2.23. The van der Waals surface area contributed by atoms with Gasteiger partial charge in [-0.25, -0.2) is 0 Å².